The highest BCUT2D eigenvalue weighted by Crippen LogP contribution is 2.27. The van der Waals surface area contributed by atoms with Gasteiger partial charge in [-0.3, -0.25) is 4.79 Å². The van der Waals surface area contributed by atoms with Crippen LogP contribution in [0.1, 0.15) is 12.5 Å². The summed E-state index contributed by atoms with van der Waals surface area (Å²) in [6, 6.07) is 5.83. The Morgan fingerprint density at radius 3 is 2.67 bits per heavy atom. The molecule has 1 aliphatic heterocycles. The molecule has 0 aromatic heterocycles. The number of carbonyl (C=O) groups is 1. The highest BCUT2D eigenvalue weighted by molar-refractivity contribution is 5.79. The van der Waals surface area contributed by atoms with Gasteiger partial charge in [0, 0.05) is 13.1 Å². The zero-order valence-corrected chi connectivity index (χ0v) is 12.9. The van der Waals surface area contributed by atoms with Crippen LogP contribution >= 0.6 is 0 Å². The number of carbonyl (C=O) groups excluding carboxylic acids is 1. The van der Waals surface area contributed by atoms with Gasteiger partial charge in [-0.25, -0.2) is 0 Å². The van der Waals surface area contributed by atoms with Gasteiger partial charge in [0.25, 0.3) is 0 Å². The summed E-state index contributed by atoms with van der Waals surface area (Å²) >= 11 is 0. The first-order chi connectivity index (χ1) is 10.2. The molecule has 1 amide bonds. The first-order valence-corrected chi connectivity index (χ1v) is 7.35. The summed E-state index contributed by atoms with van der Waals surface area (Å²) in [6.07, 6.45) is 0.778. The van der Waals surface area contributed by atoms with Crippen LogP contribution in [0.5, 0.6) is 11.5 Å². The van der Waals surface area contributed by atoms with E-state index >= 15 is 0 Å². The lowest BCUT2D eigenvalue weighted by Crippen LogP contribution is -2.35. The molecule has 2 rings (SSSR count). The van der Waals surface area contributed by atoms with Crippen molar-refractivity contribution in [3.8, 4) is 11.5 Å². The summed E-state index contributed by atoms with van der Waals surface area (Å²) in [5.74, 6) is 2.08. The van der Waals surface area contributed by atoms with E-state index in [2.05, 4.69) is 17.6 Å². The van der Waals surface area contributed by atoms with E-state index in [1.54, 1.807) is 14.2 Å². The molecule has 2 atom stereocenters. The van der Waals surface area contributed by atoms with Crippen LogP contribution in [0.2, 0.25) is 0 Å². The van der Waals surface area contributed by atoms with Gasteiger partial charge in [-0.2, -0.15) is 0 Å². The van der Waals surface area contributed by atoms with Crippen molar-refractivity contribution in [2.45, 2.75) is 13.3 Å². The van der Waals surface area contributed by atoms with Gasteiger partial charge in [0.1, 0.15) is 0 Å². The van der Waals surface area contributed by atoms with Crippen molar-refractivity contribution in [1.82, 2.24) is 10.6 Å². The number of ether oxygens (including phenoxy) is 2. The molecule has 5 nitrogen and oxygen atoms in total. The van der Waals surface area contributed by atoms with Crippen LogP contribution in [-0.4, -0.2) is 39.8 Å². The fourth-order valence-corrected chi connectivity index (χ4v) is 2.66. The first kappa shape index (κ1) is 15.6. The first-order valence-electron chi connectivity index (χ1n) is 7.35. The van der Waals surface area contributed by atoms with E-state index in [0.717, 1.165) is 36.6 Å². The Hall–Kier alpha value is -1.75. The van der Waals surface area contributed by atoms with Crippen LogP contribution < -0.4 is 20.1 Å². The molecule has 1 aliphatic rings. The third-order valence-corrected chi connectivity index (χ3v) is 4.02. The predicted octanol–water partition coefficient (Wildman–Crippen LogP) is 1.22. The lowest BCUT2D eigenvalue weighted by molar-refractivity contribution is -0.125. The molecule has 2 N–H and O–H groups in total. The molecule has 1 aromatic carbocycles. The van der Waals surface area contributed by atoms with E-state index in [9.17, 15) is 4.79 Å². The van der Waals surface area contributed by atoms with Crippen LogP contribution in [0.4, 0.5) is 0 Å². The van der Waals surface area contributed by atoms with Crippen LogP contribution in [-0.2, 0) is 11.2 Å². The number of hydrogen-bond acceptors (Lipinski definition) is 4. The van der Waals surface area contributed by atoms with Gasteiger partial charge in [-0.05, 0) is 36.6 Å². The minimum absolute atomic E-state index is 0.0930. The van der Waals surface area contributed by atoms with E-state index in [0.29, 0.717) is 12.5 Å². The number of nitrogens with one attached hydrogen (secondary N) is 2. The van der Waals surface area contributed by atoms with Gasteiger partial charge in [-0.15, -0.1) is 0 Å². The standard InChI is InChI=1S/C16H24N2O3/c1-11-9-17-10-13(11)16(19)18-7-6-12-4-5-14(20-2)15(8-12)21-3/h4-5,8,11,13,17H,6-7,9-10H2,1-3H3,(H,18,19)/t11-,13-/m1/s1. The van der Waals surface area contributed by atoms with Crippen LogP contribution in [0, 0.1) is 11.8 Å². The molecule has 0 radical (unpaired) electrons. The third-order valence-electron chi connectivity index (χ3n) is 4.02. The summed E-state index contributed by atoms with van der Waals surface area (Å²) in [5.41, 5.74) is 1.12. The van der Waals surface area contributed by atoms with Crippen molar-refractivity contribution in [2.24, 2.45) is 11.8 Å². The molecule has 0 unspecified atom stereocenters. The van der Waals surface area contributed by atoms with E-state index < -0.39 is 0 Å². The second-order valence-corrected chi connectivity index (χ2v) is 5.47. The maximum atomic E-state index is 12.1. The van der Waals surface area contributed by atoms with Gasteiger partial charge in [0.05, 0.1) is 20.1 Å². The molecule has 21 heavy (non-hydrogen) atoms. The molecule has 1 fully saturated rings. The largest absolute Gasteiger partial charge is 0.493 e. The summed E-state index contributed by atoms with van der Waals surface area (Å²) in [7, 11) is 3.24. The summed E-state index contributed by atoms with van der Waals surface area (Å²) in [5, 5.41) is 6.27. The Morgan fingerprint density at radius 1 is 1.29 bits per heavy atom. The van der Waals surface area contributed by atoms with Gasteiger partial charge >= 0.3 is 0 Å². The molecule has 116 valence electrons. The second kappa shape index (κ2) is 7.31. The van der Waals surface area contributed by atoms with Crippen molar-refractivity contribution in [3.63, 3.8) is 0 Å². The van der Waals surface area contributed by atoms with Gasteiger partial charge in [0.2, 0.25) is 5.91 Å². The molecule has 0 saturated carbocycles. The van der Waals surface area contributed by atoms with Gasteiger partial charge < -0.3 is 20.1 Å². The van der Waals surface area contributed by atoms with Crippen LogP contribution in [0.15, 0.2) is 18.2 Å². The van der Waals surface area contributed by atoms with Crippen molar-refractivity contribution in [1.29, 1.82) is 0 Å². The summed E-state index contributed by atoms with van der Waals surface area (Å²) in [4.78, 5) is 12.1. The Morgan fingerprint density at radius 2 is 2.05 bits per heavy atom. The second-order valence-electron chi connectivity index (χ2n) is 5.47. The molecule has 0 aliphatic carbocycles. The smallest absolute Gasteiger partial charge is 0.224 e. The molecule has 5 heteroatoms. The average molecular weight is 292 g/mol. The molecule has 1 aromatic rings. The highest BCUT2D eigenvalue weighted by atomic mass is 16.5. The maximum absolute atomic E-state index is 12.1. The number of hydrogen-bond donors (Lipinski definition) is 2. The lowest BCUT2D eigenvalue weighted by atomic mass is 9.97. The highest BCUT2D eigenvalue weighted by Gasteiger charge is 2.28. The fraction of sp³-hybridized carbons (Fsp3) is 0.562. The SMILES string of the molecule is COc1ccc(CCNC(=O)[C@@H]2CNC[C@H]2C)cc1OC. The Balaban J connectivity index is 1.84. The van der Waals surface area contributed by atoms with Crippen molar-refractivity contribution < 1.29 is 14.3 Å². The molecule has 0 spiro atoms. The normalized spacial score (nSPS) is 21.1. The van der Waals surface area contributed by atoms with E-state index in [-0.39, 0.29) is 11.8 Å². The third kappa shape index (κ3) is 3.88. The van der Waals surface area contributed by atoms with E-state index in [1.807, 2.05) is 18.2 Å². The Labute approximate surface area is 126 Å². The summed E-state index contributed by atoms with van der Waals surface area (Å²) < 4.78 is 10.5. The minimum atomic E-state index is 0.0930. The fourth-order valence-electron chi connectivity index (χ4n) is 2.66. The lowest BCUT2D eigenvalue weighted by Gasteiger charge is -2.14. The maximum Gasteiger partial charge on any atom is 0.224 e. The topological polar surface area (TPSA) is 59.6 Å². The monoisotopic (exact) mass is 292 g/mol. The predicted molar refractivity (Wildman–Crippen MR) is 81.8 cm³/mol. The zero-order chi connectivity index (χ0) is 15.2. The average Bonchev–Trinajstić information content (AvgIpc) is 2.93. The van der Waals surface area contributed by atoms with E-state index in [1.165, 1.54) is 0 Å². The van der Waals surface area contributed by atoms with Crippen molar-refractivity contribution in [2.75, 3.05) is 33.9 Å². The Bertz CT molecular complexity index is 490. The van der Waals surface area contributed by atoms with Crippen molar-refractivity contribution in [3.05, 3.63) is 23.8 Å². The van der Waals surface area contributed by atoms with Gasteiger partial charge in [0.15, 0.2) is 11.5 Å². The zero-order valence-electron chi connectivity index (χ0n) is 12.9. The van der Waals surface area contributed by atoms with Crippen molar-refractivity contribution >= 4 is 5.91 Å². The van der Waals surface area contributed by atoms with Gasteiger partial charge in [-0.1, -0.05) is 13.0 Å². The number of amides is 1. The molecular formula is C16H24N2O3. The van der Waals surface area contributed by atoms with E-state index in [4.69, 9.17) is 9.47 Å². The minimum Gasteiger partial charge on any atom is -0.493 e. The molecular weight excluding hydrogens is 268 g/mol. The molecule has 1 heterocycles. The van der Waals surface area contributed by atoms with Crippen LogP contribution in [0.3, 0.4) is 0 Å². The molecule has 0 bridgehead atoms. The molecule has 1 saturated heterocycles. The summed E-state index contributed by atoms with van der Waals surface area (Å²) in [6.45, 7) is 4.45. The van der Waals surface area contributed by atoms with Crippen LogP contribution in [0.25, 0.3) is 0 Å². The quantitative estimate of drug-likeness (QED) is 0.827. The number of methoxy groups -OCH3 is 2. The number of rotatable bonds is 6. The Kier molecular flexibility index (Phi) is 5.44. The number of benzene rings is 1.